The Morgan fingerprint density at radius 2 is 1.93 bits per heavy atom. The molecule has 1 fully saturated rings. The third-order valence-corrected chi connectivity index (χ3v) is 5.92. The fourth-order valence-electron chi connectivity index (χ4n) is 4.57. The Bertz CT molecular complexity index is 879. The number of ether oxygens (including phenoxy) is 2. The third kappa shape index (κ3) is 4.13. The molecule has 0 bridgehead atoms. The first-order chi connectivity index (χ1) is 14.1. The molecule has 1 aliphatic carbocycles. The number of hydrogen-bond acceptors (Lipinski definition) is 5. The standard InChI is InChI=1S/C23H32FN3O2/c1-15(2)25-23-17-9-6-8-16(17)18-14-19(28-3)22(20(24)21(18)26-23)29-13-7-12-27-10-4-5-11-27/h14-15H,4-13H2,1-3H3,(H,25,26). The quantitative estimate of drug-likeness (QED) is 0.657. The van der Waals surface area contributed by atoms with Crippen LogP contribution in [0.2, 0.25) is 0 Å². The van der Waals surface area contributed by atoms with Gasteiger partial charge in [-0.2, -0.15) is 0 Å². The van der Waals surface area contributed by atoms with E-state index in [-0.39, 0.29) is 11.8 Å². The van der Waals surface area contributed by atoms with Crippen molar-refractivity contribution in [1.29, 1.82) is 0 Å². The maximum atomic E-state index is 15.5. The van der Waals surface area contributed by atoms with Crippen LogP contribution < -0.4 is 14.8 Å². The molecule has 0 saturated carbocycles. The zero-order valence-corrected chi connectivity index (χ0v) is 17.8. The van der Waals surface area contributed by atoms with Crippen LogP contribution in [0.1, 0.15) is 50.7 Å². The average Bonchev–Trinajstić information content (AvgIpc) is 3.38. The number of fused-ring (bicyclic) bond motifs is 3. The van der Waals surface area contributed by atoms with E-state index in [0.717, 1.165) is 56.5 Å². The zero-order valence-electron chi connectivity index (χ0n) is 17.8. The van der Waals surface area contributed by atoms with Gasteiger partial charge in [0.25, 0.3) is 0 Å². The van der Waals surface area contributed by atoms with Gasteiger partial charge in [-0.25, -0.2) is 9.37 Å². The van der Waals surface area contributed by atoms with Crippen molar-refractivity contribution < 1.29 is 13.9 Å². The second-order valence-electron chi connectivity index (χ2n) is 8.44. The van der Waals surface area contributed by atoms with Gasteiger partial charge in [0, 0.05) is 18.0 Å². The molecule has 1 aromatic carbocycles. The molecule has 2 aromatic rings. The minimum Gasteiger partial charge on any atom is -0.493 e. The molecular formula is C23H32FN3O2. The van der Waals surface area contributed by atoms with Crippen molar-refractivity contribution in [2.24, 2.45) is 0 Å². The summed E-state index contributed by atoms with van der Waals surface area (Å²) in [6, 6.07) is 2.15. The number of rotatable bonds is 8. The average molecular weight is 402 g/mol. The molecule has 0 unspecified atom stereocenters. The van der Waals surface area contributed by atoms with Crippen LogP contribution in [0.3, 0.4) is 0 Å². The summed E-state index contributed by atoms with van der Waals surface area (Å²) >= 11 is 0. The van der Waals surface area contributed by atoms with E-state index in [2.05, 4.69) is 29.0 Å². The summed E-state index contributed by atoms with van der Waals surface area (Å²) in [5.74, 6) is 1.03. The molecule has 0 radical (unpaired) electrons. The first-order valence-electron chi connectivity index (χ1n) is 10.9. The fourth-order valence-corrected chi connectivity index (χ4v) is 4.57. The van der Waals surface area contributed by atoms with Gasteiger partial charge in [-0.3, -0.25) is 0 Å². The van der Waals surface area contributed by atoms with Crippen LogP contribution in [-0.4, -0.2) is 49.3 Å². The van der Waals surface area contributed by atoms with E-state index in [0.29, 0.717) is 17.9 Å². The number of anilines is 1. The highest BCUT2D eigenvalue weighted by molar-refractivity contribution is 5.90. The molecule has 1 aromatic heterocycles. The summed E-state index contributed by atoms with van der Waals surface area (Å²) in [6.07, 6.45) is 6.42. The number of aromatic nitrogens is 1. The highest BCUT2D eigenvalue weighted by Crippen LogP contribution is 2.41. The Balaban J connectivity index is 1.63. The van der Waals surface area contributed by atoms with E-state index in [9.17, 15) is 0 Å². The molecule has 5 nitrogen and oxygen atoms in total. The second kappa shape index (κ2) is 8.74. The molecule has 0 atom stereocenters. The Labute approximate surface area is 172 Å². The molecule has 0 amide bonds. The molecule has 29 heavy (non-hydrogen) atoms. The number of halogens is 1. The monoisotopic (exact) mass is 401 g/mol. The minimum absolute atomic E-state index is 0.183. The van der Waals surface area contributed by atoms with E-state index >= 15 is 4.39 Å². The van der Waals surface area contributed by atoms with Crippen molar-refractivity contribution in [3.63, 3.8) is 0 Å². The van der Waals surface area contributed by atoms with Gasteiger partial charge in [0.15, 0.2) is 17.3 Å². The maximum absolute atomic E-state index is 15.5. The van der Waals surface area contributed by atoms with Gasteiger partial charge in [-0.15, -0.1) is 0 Å². The van der Waals surface area contributed by atoms with Crippen LogP contribution in [-0.2, 0) is 12.8 Å². The maximum Gasteiger partial charge on any atom is 0.199 e. The molecule has 1 saturated heterocycles. The number of likely N-dealkylation sites (tertiary alicyclic amines) is 1. The molecular weight excluding hydrogens is 369 g/mol. The summed E-state index contributed by atoms with van der Waals surface area (Å²) in [5.41, 5.74) is 2.78. The zero-order chi connectivity index (χ0) is 20.4. The molecule has 6 heteroatoms. The van der Waals surface area contributed by atoms with Crippen molar-refractivity contribution in [2.75, 3.05) is 38.7 Å². The number of aryl methyl sites for hydroxylation is 1. The Morgan fingerprint density at radius 1 is 1.17 bits per heavy atom. The highest BCUT2D eigenvalue weighted by atomic mass is 19.1. The molecule has 4 rings (SSSR count). The second-order valence-corrected chi connectivity index (χ2v) is 8.44. The van der Waals surface area contributed by atoms with Gasteiger partial charge in [0.1, 0.15) is 11.3 Å². The van der Waals surface area contributed by atoms with Gasteiger partial charge in [0.2, 0.25) is 0 Å². The number of nitrogens with one attached hydrogen (secondary N) is 1. The summed E-state index contributed by atoms with van der Waals surface area (Å²) in [4.78, 5) is 7.12. The largest absolute Gasteiger partial charge is 0.493 e. The SMILES string of the molecule is COc1cc2c3c(c(NC(C)C)nc2c(F)c1OCCCN1CCCC1)CCC3. The lowest BCUT2D eigenvalue weighted by Crippen LogP contribution is -2.22. The lowest BCUT2D eigenvalue weighted by atomic mass is 10.0. The minimum atomic E-state index is -0.415. The molecule has 1 N–H and O–H groups in total. The van der Waals surface area contributed by atoms with Crippen LogP contribution in [0, 0.1) is 5.82 Å². The van der Waals surface area contributed by atoms with Crippen molar-refractivity contribution in [1.82, 2.24) is 9.88 Å². The number of pyridine rings is 1. The van der Waals surface area contributed by atoms with E-state index < -0.39 is 5.82 Å². The van der Waals surface area contributed by atoms with Crippen LogP contribution >= 0.6 is 0 Å². The van der Waals surface area contributed by atoms with Crippen molar-refractivity contribution >= 4 is 16.7 Å². The van der Waals surface area contributed by atoms with Crippen LogP contribution in [0.25, 0.3) is 10.9 Å². The summed E-state index contributed by atoms with van der Waals surface area (Å²) in [5, 5.41) is 4.25. The van der Waals surface area contributed by atoms with Crippen LogP contribution in [0.5, 0.6) is 11.5 Å². The number of methoxy groups -OCH3 is 1. The normalized spacial score (nSPS) is 16.6. The van der Waals surface area contributed by atoms with E-state index in [1.54, 1.807) is 7.11 Å². The first-order valence-corrected chi connectivity index (χ1v) is 10.9. The number of benzene rings is 1. The third-order valence-electron chi connectivity index (χ3n) is 5.92. The van der Waals surface area contributed by atoms with E-state index in [4.69, 9.17) is 9.47 Å². The van der Waals surface area contributed by atoms with Crippen LogP contribution in [0.4, 0.5) is 10.2 Å². The smallest absolute Gasteiger partial charge is 0.199 e. The number of nitrogens with zero attached hydrogens (tertiary/aromatic N) is 2. The predicted octanol–water partition coefficient (Wildman–Crippen LogP) is 4.56. The molecule has 2 heterocycles. The highest BCUT2D eigenvalue weighted by Gasteiger charge is 2.25. The van der Waals surface area contributed by atoms with Gasteiger partial charge < -0.3 is 19.7 Å². The van der Waals surface area contributed by atoms with Crippen LogP contribution in [0.15, 0.2) is 6.07 Å². The van der Waals surface area contributed by atoms with Crippen molar-refractivity contribution in [3.8, 4) is 11.5 Å². The molecule has 2 aliphatic rings. The lowest BCUT2D eigenvalue weighted by molar-refractivity contribution is 0.246. The Morgan fingerprint density at radius 3 is 2.66 bits per heavy atom. The summed E-state index contributed by atoms with van der Waals surface area (Å²) in [7, 11) is 1.57. The molecule has 0 spiro atoms. The molecule has 1 aliphatic heterocycles. The Hall–Kier alpha value is -2.08. The fraction of sp³-hybridized carbons (Fsp3) is 0.609. The van der Waals surface area contributed by atoms with Gasteiger partial charge in [0.05, 0.1) is 13.7 Å². The van der Waals surface area contributed by atoms with Gasteiger partial charge in [-0.05, 0) is 82.7 Å². The number of hydrogen-bond donors (Lipinski definition) is 1. The molecule has 158 valence electrons. The van der Waals surface area contributed by atoms with E-state index in [1.807, 2.05) is 6.07 Å². The van der Waals surface area contributed by atoms with Gasteiger partial charge >= 0.3 is 0 Å². The predicted molar refractivity (Wildman–Crippen MR) is 115 cm³/mol. The van der Waals surface area contributed by atoms with Crippen molar-refractivity contribution in [2.45, 2.75) is 58.4 Å². The first kappa shape index (κ1) is 20.2. The van der Waals surface area contributed by atoms with Gasteiger partial charge in [-0.1, -0.05) is 0 Å². The van der Waals surface area contributed by atoms with Crippen molar-refractivity contribution in [3.05, 3.63) is 23.0 Å². The lowest BCUT2D eigenvalue weighted by Gasteiger charge is -2.19. The summed E-state index contributed by atoms with van der Waals surface area (Å²) in [6.45, 7) is 7.94. The topological polar surface area (TPSA) is 46.6 Å². The summed E-state index contributed by atoms with van der Waals surface area (Å²) < 4.78 is 26.9. The van der Waals surface area contributed by atoms with E-state index in [1.165, 1.54) is 24.0 Å². The Kier molecular flexibility index (Phi) is 6.09.